The Hall–Kier alpha value is -0.990. The van der Waals surface area contributed by atoms with Gasteiger partial charge in [0.15, 0.2) is 5.75 Å². The molecule has 0 amide bonds. The molecule has 1 heterocycles. The Morgan fingerprint density at radius 2 is 2.06 bits per heavy atom. The van der Waals surface area contributed by atoms with Crippen LogP contribution in [-0.4, -0.2) is 15.9 Å². The smallest absolute Gasteiger partial charge is 0.157 e. The number of rotatable bonds is 4. The van der Waals surface area contributed by atoms with Crippen LogP contribution in [0.2, 0.25) is 0 Å². The van der Waals surface area contributed by atoms with Gasteiger partial charge in [0.2, 0.25) is 0 Å². The van der Waals surface area contributed by atoms with E-state index in [1.165, 1.54) is 32.1 Å². The summed E-state index contributed by atoms with van der Waals surface area (Å²) in [6.45, 7) is 5.28. The Kier molecular flexibility index (Phi) is 3.86. The van der Waals surface area contributed by atoms with Gasteiger partial charge >= 0.3 is 0 Å². The molecule has 0 N–H and O–H groups in total. The Balaban J connectivity index is 1.82. The standard InChI is InChI=1S/C13H22N2O/c1-3-11-5-7-12(8-6-11)16-13-9-14-15(4-2)10-13/h9-12H,3-8H2,1-2H3. The lowest BCUT2D eigenvalue weighted by molar-refractivity contribution is 0.130. The van der Waals surface area contributed by atoms with Gasteiger partial charge in [0.1, 0.15) is 0 Å². The lowest BCUT2D eigenvalue weighted by Crippen LogP contribution is -2.23. The van der Waals surface area contributed by atoms with Crippen LogP contribution in [0.1, 0.15) is 46.0 Å². The molecule has 1 aromatic heterocycles. The number of nitrogens with zero attached hydrogens (tertiary/aromatic N) is 2. The number of aromatic nitrogens is 2. The molecule has 1 aromatic rings. The van der Waals surface area contributed by atoms with Gasteiger partial charge in [0.05, 0.1) is 18.5 Å². The zero-order valence-electron chi connectivity index (χ0n) is 10.4. The third kappa shape index (κ3) is 2.77. The predicted molar refractivity (Wildman–Crippen MR) is 64.6 cm³/mol. The zero-order valence-corrected chi connectivity index (χ0v) is 10.4. The monoisotopic (exact) mass is 222 g/mol. The Labute approximate surface area is 97.8 Å². The molecule has 0 atom stereocenters. The molecule has 0 bridgehead atoms. The van der Waals surface area contributed by atoms with Gasteiger partial charge in [-0.15, -0.1) is 0 Å². The largest absolute Gasteiger partial charge is 0.487 e. The quantitative estimate of drug-likeness (QED) is 0.782. The second-order valence-electron chi connectivity index (χ2n) is 4.70. The first-order valence-corrected chi connectivity index (χ1v) is 6.51. The summed E-state index contributed by atoms with van der Waals surface area (Å²) in [6.07, 6.45) is 10.6. The van der Waals surface area contributed by atoms with Crippen LogP contribution in [0.5, 0.6) is 5.75 Å². The molecule has 1 aliphatic rings. The van der Waals surface area contributed by atoms with Crippen molar-refractivity contribution in [2.45, 2.75) is 58.6 Å². The highest BCUT2D eigenvalue weighted by atomic mass is 16.5. The molecule has 0 saturated heterocycles. The predicted octanol–water partition coefficient (Wildman–Crippen LogP) is 3.25. The van der Waals surface area contributed by atoms with Crippen molar-refractivity contribution in [3.8, 4) is 5.75 Å². The van der Waals surface area contributed by atoms with Crippen LogP contribution < -0.4 is 4.74 Å². The molecule has 0 aliphatic heterocycles. The highest BCUT2D eigenvalue weighted by molar-refractivity contribution is 5.12. The van der Waals surface area contributed by atoms with Gasteiger partial charge in [0, 0.05) is 6.54 Å². The summed E-state index contributed by atoms with van der Waals surface area (Å²) in [5, 5.41) is 4.22. The minimum absolute atomic E-state index is 0.414. The van der Waals surface area contributed by atoms with Gasteiger partial charge in [-0.3, -0.25) is 4.68 Å². The van der Waals surface area contributed by atoms with Crippen molar-refractivity contribution >= 4 is 0 Å². The van der Waals surface area contributed by atoms with Gasteiger partial charge in [-0.2, -0.15) is 5.10 Å². The topological polar surface area (TPSA) is 27.1 Å². The van der Waals surface area contributed by atoms with Crippen molar-refractivity contribution in [3.05, 3.63) is 12.4 Å². The molecule has 2 rings (SSSR count). The van der Waals surface area contributed by atoms with Gasteiger partial charge < -0.3 is 4.74 Å². The van der Waals surface area contributed by atoms with Crippen molar-refractivity contribution in [1.29, 1.82) is 0 Å². The number of hydrogen-bond acceptors (Lipinski definition) is 2. The molecule has 3 nitrogen and oxygen atoms in total. The van der Waals surface area contributed by atoms with E-state index in [0.29, 0.717) is 6.10 Å². The fourth-order valence-electron chi connectivity index (χ4n) is 2.43. The highest BCUT2D eigenvalue weighted by Crippen LogP contribution is 2.29. The molecule has 90 valence electrons. The maximum absolute atomic E-state index is 5.95. The van der Waals surface area contributed by atoms with E-state index in [4.69, 9.17) is 4.74 Å². The van der Waals surface area contributed by atoms with Crippen molar-refractivity contribution in [2.75, 3.05) is 0 Å². The molecule has 0 aromatic carbocycles. The number of aryl methyl sites for hydroxylation is 1. The first-order valence-electron chi connectivity index (χ1n) is 6.51. The van der Waals surface area contributed by atoms with Gasteiger partial charge in [-0.1, -0.05) is 13.3 Å². The van der Waals surface area contributed by atoms with Crippen molar-refractivity contribution in [2.24, 2.45) is 5.92 Å². The van der Waals surface area contributed by atoms with E-state index in [1.807, 2.05) is 17.1 Å². The molecule has 1 aliphatic carbocycles. The number of hydrogen-bond donors (Lipinski definition) is 0. The van der Waals surface area contributed by atoms with E-state index in [0.717, 1.165) is 18.2 Å². The van der Waals surface area contributed by atoms with E-state index in [1.54, 1.807) is 0 Å². The summed E-state index contributed by atoms with van der Waals surface area (Å²) in [4.78, 5) is 0. The van der Waals surface area contributed by atoms with E-state index >= 15 is 0 Å². The molecule has 0 unspecified atom stereocenters. The second-order valence-corrected chi connectivity index (χ2v) is 4.70. The van der Waals surface area contributed by atoms with Crippen LogP contribution >= 0.6 is 0 Å². The van der Waals surface area contributed by atoms with Crippen LogP contribution in [0, 0.1) is 5.92 Å². The summed E-state index contributed by atoms with van der Waals surface area (Å²) < 4.78 is 7.86. The molecule has 1 saturated carbocycles. The Morgan fingerprint density at radius 3 is 2.62 bits per heavy atom. The lowest BCUT2D eigenvalue weighted by Gasteiger charge is -2.27. The molecule has 3 heteroatoms. The third-order valence-electron chi connectivity index (χ3n) is 3.61. The summed E-state index contributed by atoms with van der Waals surface area (Å²) >= 11 is 0. The zero-order chi connectivity index (χ0) is 11.4. The maximum atomic E-state index is 5.95. The molecule has 16 heavy (non-hydrogen) atoms. The average molecular weight is 222 g/mol. The Morgan fingerprint density at radius 1 is 1.31 bits per heavy atom. The second kappa shape index (κ2) is 5.37. The summed E-state index contributed by atoms with van der Waals surface area (Å²) in [5.41, 5.74) is 0. The van der Waals surface area contributed by atoms with Crippen molar-refractivity contribution < 1.29 is 4.74 Å². The van der Waals surface area contributed by atoms with Crippen LogP contribution in [0.4, 0.5) is 0 Å². The first kappa shape index (κ1) is 11.5. The maximum Gasteiger partial charge on any atom is 0.157 e. The first-order chi connectivity index (χ1) is 7.81. The minimum atomic E-state index is 0.414. The normalized spacial score (nSPS) is 25.6. The summed E-state index contributed by atoms with van der Waals surface area (Å²) in [7, 11) is 0. The SMILES string of the molecule is CCC1CCC(Oc2cnn(CC)c2)CC1. The van der Waals surface area contributed by atoms with Crippen LogP contribution in [-0.2, 0) is 6.54 Å². The average Bonchev–Trinajstić information content (AvgIpc) is 2.78. The van der Waals surface area contributed by atoms with Crippen LogP contribution in [0.15, 0.2) is 12.4 Å². The molecular formula is C13H22N2O. The third-order valence-corrected chi connectivity index (χ3v) is 3.61. The van der Waals surface area contributed by atoms with E-state index in [9.17, 15) is 0 Å². The Bertz CT molecular complexity index is 313. The summed E-state index contributed by atoms with van der Waals surface area (Å²) in [6, 6.07) is 0. The molecule has 1 fully saturated rings. The highest BCUT2D eigenvalue weighted by Gasteiger charge is 2.21. The van der Waals surface area contributed by atoms with Crippen molar-refractivity contribution in [1.82, 2.24) is 9.78 Å². The molecule has 0 spiro atoms. The van der Waals surface area contributed by atoms with Gasteiger partial charge in [-0.05, 0) is 38.5 Å². The number of ether oxygens (including phenoxy) is 1. The molecular weight excluding hydrogens is 200 g/mol. The van der Waals surface area contributed by atoms with Gasteiger partial charge in [-0.25, -0.2) is 0 Å². The lowest BCUT2D eigenvalue weighted by atomic mass is 9.86. The van der Waals surface area contributed by atoms with Crippen LogP contribution in [0.3, 0.4) is 0 Å². The van der Waals surface area contributed by atoms with E-state index < -0.39 is 0 Å². The van der Waals surface area contributed by atoms with Crippen LogP contribution in [0.25, 0.3) is 0 Å². The van der Waals surface area contributed by atoms with E-state index in [2.05, 4.69) is 18.9 Å². The summed E-state index contributed by atoms with van der Waals surface area (Å²) in [5.74, 6) is 1.86. The van der Waals surface area contributed by atoms with Crippen molar-refractivity contribution in [3.63, 3.8) is 0 Å². The molecule has 0 radical (unpaired) electrons. The van der Waals surface area contributed by atoms with Gasteiger partial charge in [0.25, 0.3) is 0 Å². The fraction of sp³-hybridized carbons (Fsp3) is 0.769. The fourth-order valence-corrected chi connectivity index (χ4v) is 2.43. The van der Waals surface area contributed by atoms with E-state index in [-0.39, 0.29) is 0 Å². The minimum Gasteiger partial charge on any atom is -0.487 e.